The first-order valence-electron chi connectivity index (χ1n) is 11.8. The minimum Gasteiger partial charge on any atom is -0.394 e. The van der Waals surface area contributed by atoms with Crippen molar-refractivity contribution >= 4 is 11.9 Å². The molecule has 0 unspecified atom stereocenters. The third kappa shape index (κ3) is 10.8. The van der Waals surface area contributed by atoms with Crippen LogP contribution in [0, 0.1) is 0 Å². The summed E-state index contributed by atoms with van der Waals surface area (Å²) in [6.45, 7) is 5.82. The molecule has 0 aromatic rings. The van der Waals surface area contributed by atoms with E-state index in [2.05, 4.69) is 18.2 Å². The summed E-state index contributed by atoms with van der Waals surface area (Å²) in [5.41, 5.74) is -0.614. The highest BCUT2D eigenvalue weighted by molar-refractivity contribution is 7.97. The monoisotopic (exact) mass is 435 g/mol. The zero-order chi connectivity index (χ0) is 21.5. The summed E-state index contributed by atoms with van der Waals surface area (Å²) in [5.74, 6) is 0. The van der Waals surface area contributed by atoms with Gasteiger partial charge in [-0.2, -0.15) is 0 Å². The number of rotatable bonds is 18. The van der Waals surface area contributed by atoms with E-state index in [1.54, 1.807) is 0 Å². The second-order valence-corrected chi connectivity index (χ2v) is 9.46. The molecule has 0 radical (unpaired) electrons. The summed E-state index contributed by atoms with van der Waals surface area (Å²) in [7, 11) is 0. The maximum atomic E-state index is 10.3. The number of hydrogen-bond donors (Lipinski definition) is 4. The van der Waals surface area contributed by atoms with Crippen molar-refractivity contribution in [2.24, 2.45) is 0 Å². The van der Waals surface area contributed by atoms with E-state index < -0.39 is 36.5 Å². The van der Waals surface area contributed by atoms with Gasteiger partial charge in [0.05, 0.1) is 6.61 Å². The van der Waals surface area contributed by atoms with Gasteiger partial charge in [0.25, 0.3) is 0 Å². The fourth-order valence-corrected chi connectivity index (χ4v) is 4.91. The van der Waals surface area contributed by atoms with Crippen LogP contribution in [0.1, 0.15) is 90.9 Å². The van der Waals surface area contributed by atoms with Crippen LogP contribution in [-0.4, -0.2) is 74.3 Å². The topological polar surface area (TPSA) is 93.4 Å². The Balaban J connectivity index is 2.46. The summed E-state index contributed by atoms with van der Waals surface area (Å²) in [5, 5.41) is 39.5. The van der Waals surface area contributed by atoms with Crippen molar-refractivity contribution in [3.8, 4) is 0 Å². The Morgan fingerprint density at radius 3 is 1.76 bits per heavy atom. The molecule has 29 heavy (non-hydrogen) atoms. The van der Waals surface area contributed by atoms with Crippen molar-refractivity contribution in [1.29, 1.82) is 0 Å². The molecule has 1 rings (SSSR count). The van der Waals surface area contributed by atoms with Gasteiger partial charge in [-0.15, -0.1) is 0 Å². The van der Waals surface area contributed by atoms with Gasteiger partial charge in [-0.05, 0) is 24.8 Å². The molecule has 1 heterocycles. The molecule has 1 saturated heterocycles. The Hall–Kier alpha value is 0.110. The van der Waals surface area contributed by atoms with Gasteiger partial charge in [0, 0.05) is 13.1 Å². The smallest absolute Gasteiger partial charge is 0.146 e. The molecule has 1 aliphatic heterocycles. The molecular weight excluding hydrogens is 390 g/mol. The van der Waals surface area contributed by atoms with Crippen molar-refractivity contribution in [1.82, 2.24) is 4.31 Å². The average molecular weight is 436 g/mol. The van der Waals surface area contributed by atoms with Crippen LogP contribution < -0.4 is 0 Å². The third-order valence-corrected chi connectivity index (χ3v) is 6.86. The predicted molar refractivity (Wildman–Crippen MR) is 120 cm³/mol. The van der Waals surface area contributed by atoms with Crippen LogP contribution in [0.25, 0.3) is 0 Å². The molecule has 174 valence electrons. The van der Waals surface area contributed by atoms with Crippen molar-refractivity contribution in [3.05, 3.63) is 0 Å². The molecule has 0 aliphatic carbocycles. The van der Waals surface area contributed by atoms with E-state index in [4.69, 9.17) is 9.84 Å². The van der Waals surface area contributed by atoms with Crippen LogP contribution in [0.5, 0.6) is 0 Å². The number of aliphatic hydroxyl groups excluding tert-OH is 4. The first-order valence-corrected chi connectivity index (χ1v) is 12.6. The van der Waals surface area contributed by atoms with Crippen molar-refractivity contribution in [2.45, 2.75) is 121 Å². The molecule has 1 aliphatic rings. The highest BCUT2D eigenvalue weighted by atomic mass is 32.2. The molecule has 0 spiro atoms. The summed E-state index contributed by atoms with van der Waals surface area (Å²) in [4.78, 5) is 0. The first kappa shape index (κ1) is 27.1. The molecule has 0 saturated carbocycles. The minimum absolute atomic E-state index is 0.495. The van der Waals surface area contributed by atoms with E-state index in [0.29, 0.717) is 0 Å². The highest BCUT2D eigenvalue weighted by Crippen LogP contribution is 2.33. The van der Waals surface area contributed by atoms with Crippen LogP contribution in [0.4, 0.5) is 0 Å². The zero-order valence-electron chi connectivity index (χ0n) is 18.5. The van der Waals surface area contributed by atoms with E-state index in [1.807, 2.05) is 0 Å². The molecule has 1 fully saturated rings. The van der Waals surface area contributed by atoms with E-state index >= 15 is 0 Å². The van der Waals surface area contributed by atoms with Gasteiger partial charge in [-0.3, -0.25) is 0 Å². The second-order valence-electron chi connectivity index (χ2n) is 8.27. The van der Waals surface area contributed by atoms with Gasteiger partial charge in [-0.25, -0.2) is 4.31 Å². The first-order chi connectivity index (χ1) is 14.0. The van der Waals surface area contributed by atoms with Crippen LogP contribution in [0.3, 0.4) is 0 Å². The van der Waals surface area contributed by atoms with Gasteiger partial charge < -0.3 is 25.2 Å². The number of ether oxygens (including phenoxy) is 1. The Morgan fingerprint density at radius 1 is 0.793 bits per heavy atom. The number of nitrogens with zero attached hydrogens (tertiary/aromatic N) is 1. The minimum atomic E-state index is -1.18. The maximum absolute atomic E-state index is 10.3. The number of hydrogen-bond acceptors (Lipinski definition) is 7. The van der Waals surface area contributed by atoms with E-state index in [9.17, 15) is 15.3 Å². The van der Waals surface area contributed by atoms with Gasteiger partial charge >= 0.3 is 0 Å². The molecule has 0 bridgehead atoms. The van der Waals surface area contributed by atoms with Crippen LogP contribution >= 0.6 is 11.9 Å². The van der Waals surface area contributed by atoms with Gasteiger partial charge in [0.1, 0.15) is 29.9 Å². The SMILES string of the molecule is CCCCCCCCN(CCCCCCCC)S[C@@H]1O[C@@H]([C@H](O)CO)[C@H](O)[C@H]1O. The standard InChI is InChI=1S/C22H45NO5S/c1-3-5-7-9-11-13-15-23(16-14-12-10-8-6-4-2)29-22-20(27)19(26)21(28-22)18(25)17-24/h18-22,24-27H,3-17H2,1-2H3/t18-,19-,20-,21+,22+/m1/s1. The van der Waals surface area contributed by atoms with Gasteiger partial charge in [-0.1, -0.05) is 78.1 Å². The van der Waals surface area contributed by atoms with Crippen molar-refractivity contribution in [2.75, 3.05) is 19.7 Å². The number of unbranched alkanes of at least 4 members (excludes halogenated alkanes) is 10. The Bertz CT molecular complexity index is 374. The second kappa shape index (κ2) is 16.8. The summed E-state index contributed by atoms with van der Waals surface area (Å²) in [6.07, 6.45) is 10.4. The Kier molecular flexibility index (Phi) is 15.7. The quantitative estimate of drug-likeness (QED) is 0.193. The lowest BCUT2D eigenvalue weighted by Crippen LogP contribution is -2.40. The summed E-state index contributed by atoms with van der Waals surface area (Å²) >= 11 is 1.44. The Morgan fingerprint density at radius 2 is 1.28 bits per heavy atom. The summed E-state index contributed by atoms with van der Waals surface area (Å²) in [6, 6.07) is 0. The van der Waals surface area contributed by atoms with Crippen LogP contribution in [0.15, 0.2) is 0 Å². The lowest BCUT2D eigenvalue weighted by atomic mass is 10.1. The molecule has 0 aromatic carbocycles. The molecule has 0 amide bonds. The normalized spacial score (nSPS) is 25.8. The van der Waals surface area contributed by atoms with Crippen molar-refractivity contribution in [3.63, 3.8) is 0 Å². The molecule has 7 heteroatoms. The molecule has 4 N–H and O–H groups in total. The van der Waals surface area contributed by atoms with E-state index in [0.717, 1.165) is 25.9 Å². The lowest BCUT2D eigenvalue weighted by Gasteiger charge is -2.26. The van der Waals surface area contributed by atoms with Crippen LogP contribution in [0.2, 0.25) is 0 Å². The Labute approximate surface area is 182 Å². The van der Waals surface area contributed by atoms with Crippen LogP contribution in [-0.2, 0) is 4.74 Å². The maximum Gasteiger partial charge on any atom is 0.146 e. The predicted octanol–water partition coefficient (Wildman–Crippen LogP) is 3.46. The zero-order valence-corrected chi connectivity index (χ0v) is 19.4. The highest BCUT2D eigenvalue weighted by Gasteiger charge is 2.46. The molecular formula is C22H45NO5S. The summed E-state index contributed by atoms with van der Waals surface area (Å²) < 4.78 is 7.96. The van der Waals surface area contributed by atoms with Gasteiger partial charge in [0.15, 0.2) is 0 Å². The lowest BCUT2D eigenvalue weighted by molar-refractivity contribution is -0.0715. The van der Waals surface area contributed by atoms with Crippen molar-refractivity contribution < 1.29 is 25.2 Å². The average Bonchev–Trinajstić information content (AvgIpc) is 3.00. The molecule has 0 aromatic heterocycles. The van der Waals surface area contributed by atoms with E-state index in [1.165, 1.54) is 76.2 Å². The largest absolute Gasteiger partial charge is 0.394 e. The molecule has 6 nitrogen and oxygen atoms in total. The fraction of sp³-hybridized carbons (Fsp3) is 1.00. The number of aliphatic hydroxyl groups is 4. The third-order valence-electron chi connectivity index (χ3n) is 5.60. The molecule has 5 atom stereocenters. The van der Waals surface area contributed by atoms with E-state index in [-0.39, 0.29) is 0 Å². The fourth-order valence-electron chi connectivity index (χ4n) is 3.68. The van der Waals surface area contributed by atoms with Gasteiger partial charge in [0.2, 0.25) is 0 Å².